The highest BCUT2D eigenvalue weighted by molar-refractivity contribution is 6.08. The lowest BCUT2D eigenvalue weighted by atomic mass is 10.0. The van der Waals surface area contributed by atoms with E-state index in [0.717, 1.165) is 33.1 Å². The molecule has 3 aromatic rings. The molecule has 1 nitrogen and oxygen atoms in total. The van der Waals surface area contributed by atoms with E-state index in [0.29, 0.717) is 0 Å². The Morgan fingerprint density at radius 2 is 1.85 bits per heavy atom. The van der Waals surface area contributed by atoms with Crippen LogP contribution in [0.5, 0.6) is 0 Å². The maximum atomic E-state index is 6.05. The molecule has 0 bridgehead atoms. The van der Waals surface area contributed by atoms with Crippen LogP contribution >= 0.6 is 0 Å². The van der Waals surface area contributed by atoms with Gasteiger partial charge in [0.05, 0.1) is 0 Å². The van der Waals surface area contributed by atoms with Gasteiger partial charge in [0.25, 0.3) is 0 Å². The normalized spacial score (nSPS) is 12.6. The predicted molar refractivity (Wildman–Crippen MR) is 86.7 cm³/mol. The Morgan fingerprint density at radius 1 is 1.05 bits per heavy atom. The SMILES string of the molecule is C=C/C=C(\C=C/C)c1cccc2c1oc1ccccc12. The van der Waals surface area contributed by atoms with E-state index in [2.05, 4.69) is 36.9 Å². The smallest absolute Gasteiger partial charge is 0.143 e. The second-order valence-corrected chi connectivity index (χ2v) is 4.64. The van der Waals surface area contributed by atoms with Crippen molar-refractivity contribution in [2.45, 2.75) is 6.92 Å². The maximum absolute atomic E-state index is 6.05. The average molecular weight is 260 g/mol. The van der Waals surface area contributed by atoms with Crippen LogP contribution in [0.3, 0.4) is 0 Å². The third-order valence-electron chi connectivity index (χ3n) is 3.36. The molecule has 20 heavy (non-hydrogen) atoms. The Kier molecular flexibility index (Phi) is 3.26. The summed E-state index contributed by atoms with van der Waals surface area (Å²) in [5.74, 6) is 0. The first-order valence-electron chi connectivity index (χ1n) is 6.71. The van der Waals surface area contributed by atoms with Gasteiger partial charge in [-0.15, -0.1) is 0 Å². The second-order valence-electron chi connectivity index (χ2n) is 4.64. The van der Waals surface area contributed by atoms with Gasteiger partial charge in [-0.3, -0.25) is 0 Å². The Labute approximate surface area is 118 Å². The molecule has 3 rings (SSSR count). The zero-order valence-corrected chi connectivity index (χ0v) is 11.5. The largest absolute Gasteiger partial charge is 0.455 e. The maximum Gasteiger partial charge on any atom is 0.143 e. The van der Waals surface area contributed by atoms with E-state index in [1.807, 2.05) is 37.3 Å². The van der Waals surface area contributed by atoms with Crippen LogP contribution in [-0.4, -0.2) is 0 Å². The van der Waals surface area contributed by atoms with E-state index in [-0.39, 0.29) is 0 Å². The molecule has 0 fully saturated rings. The molecule has 1 heteroatoms. The molecule has 0 aliphatic heterocycles. The molecule has 0 saturated heterocycles. The Morgan fingerprint density at radius 3 is 2.65 bits per heavy atom. The molecule has 0 aliphatic carbocycles. The molecule has 0 amide bonds. The van der Waals surface area contributed by atoms with E-state index >= 15 is 0 Å². The number of hydrogen-bond donors (Lipinski definition) is 0. The monoisotopic (exact) mass is 260 g/mol. The van der Waals surface area contributed by atoms with Gasteiger partial charge in [0.2, 0.25) is 0 Å². The van der Waals surface area contributed by atoms with Crippen molar-refractivity contribution in [1.29, 1.82) is 0 Å². The van der Waals surface area contributed by atoms with Gasteiger partial charge in [-0.05, 0) is 18.6 Å². The van der Waals surface area contributed by atoms with Crippen molar-refractivity contribution in [2.24, 2.45) is 0 Å². The number of hydrogen-bond acceptors (Lipinski definition) is 1. The van der Waals surface area contributed by atoms with Gasteiger partial charge in [0.15, 0.2) is 0 Å². The minimum absolute atomic E-state index is 0.924. The third-order valence-corrected chi connectivity index (χ3v) is 3.36. The fraction of sp³-hybridized carbons (Fsp3) is 0.0526. The molecular formula is C19H16O. The minimum atomic E-state index is 0.924. The highest BCUT2D eigenvalue weighted by Gasteiger charge is 2.11. The van der Waals surface area contributed by atoms with Gasteiger partial charge in [-0.2, -0.15) is 0 Å². The van der Waals surface area contributed by atoms with Crippen molar-refractivity contribution in [3.8, 4) is 0 Å². The van der Waals surface area contributed by atoms with Crippen LogP contribution in [0, 0.1) is 0 Å². The summed E-state index contributed by atoms with van der Waals surface area (Å²) >= 11 is 0. The molecule has 2 aromatic carbocycles. The number of fused-ring (bicyclic) bond motifs is 3. The van der Waals surface area contributed by atoms with Gasteiger partial charge in [0, 0.05) is 16.3 Å². The molecular weight excluding hydrogens is 244 g/mol. The van der Waals surface area contributed by atoms with Crippen LogP contribution in [0.25, 0.3) is 27.5 Å². The summed E-state index contributed by atoms with van der Waals surface area (Å²) in [6.45, 7) is 5.80. The Bertz CT molecular complexity index is 831. The van der Waals surface area contributed by atoms with E-state index in [9.17, 15) is 0 Å². The highest BCUT2D eigenvalue weighted by Crippen LogP contribution is 2.33. The van der Waals surface area contributed by atoms with Gasteiger partial charge >= 0.3 is 0 Å². The van der Waals surface area contributed by atoms with Crippen LogP contribution in [-0.2, 0) is 0 Å². The first kappa shape index (κ1) is 12.5. The molecule has 0 N–H and O–H groups in total. The molecule has 98 valence electrons. The quantitative estimate of drug-likeness (QED) is 0.548. The van der Waals surface area contributed by atoms with Crippen LogP contribution in [0.15, 0.2) is 77.8 Å². The molecule has 0 aliphatic rings. The summed E-state index contributed by atoms with van der Waals surface area (Å²) < 4.78 is 6.05. The number of allylic oxidation sites excluding steroid dienone is 5. The topological polar surface area (TPSA) is 13.1 Å². The summed E-state index contributed by atoms with van der Waals surface area (Å²) in [7, 11) is 0. The van der Waals surface area contributed by atoms with Crippen LogP contribution < -0.4 is 0 Å². The van der Waals surface area contributed by atoms with Gasteiger partial charge in [-0.1, -0.05) is 67.3 Å². The molecule has 1 heterocycles. The molecule has 0 atom stereocenters. The lowest BCUT2D eigenvalue weighted by Crippen LogP contribution is -1.81. The molecule has 0 spiro atoms. The molecule has 0 unspecified atom stereocenters. The standard InChI is InChI=1S/C19H16O/c1-3-8-14(9-4-2)15-11-7-12-17-16-10-5-6-13-18(16)20-19(15)17/h3-13H,1H2,2H3/b9-4-,14-8+. The minimum Gasteiger partial charge on any atom is -0.455 e. The van der Waals surface area contributed by atoms with E-state index < -0.39 is 0 Å². The first-order valence-corrected chi connectivity index (χ1v) is 6.71. The summed E-state index contributed by atoms with van der Waals surface area (Å²) in [4.78, 5) is 0. The average Bonchev–Trinajstić information content (AvgIpc) is 2.85. The Hall–Kier alpha value is -2.54. The molecule has 0 radical (unpaired) electrons. The van der Waals surface area contributed by atoms with Crippen LogP contribution in [0.1, 0.15) is 12.5 Å². The van der Waals surface area contributed by atoms with Crippen LogP contribution in [0.4, 0.5) is 0 Å². The van der Waals surface area contributed by atoms with Crippen molar-refractivity contribution in [3.63, 3.8) is 0 Å². The van der Waals surface area contributed by atoms with Crippen LogP contribution in [0.2, 0.25) is 0 Å². The number of benzene rings is 2. The van der Waals surface area contributed by atoms with E-state index in [1.165, 1.54) is 0 Å². The first-order chi connectivity index (χ1) is 9.85. The summed E-state index contributed by atoms with van der Waals surface area (Å²) in [6, 6.07) is 14.4. The van der Waals surface area contributed by atoms with Gasteiger partial charge in [-0.25, -0.2) is 0 Å². The number of para-hydroxylation sites is 2. The zero-order valence-electron chi connectivity index (χ0n) is 11.5. The van der Waals surface area contributed by atoms with Crippen molar-refractivity contribution in [3.05, 3.63) is 78.9 Å². The third kappa shape index (κ3) is 1.97. The lowest BCUT2D eigenvalue weighted by molar-refractivity contribution is 0.668. The summed E-state index contributed by atoms with van der Waals surface area (Å²) in [6.07, 6.45) is 7.90. The fourth-order valence-electron chi connectivity index (χ4n) is 2.52. The van der Waals surface area contributed by atoms with Crippen molar-refractivity contribution >= 4 is 27.5 Å². The van der Waals surface area contributed by atoms with Crippen molar-refractivity contribution < 1.29 is 4.42 Å². The fourth-order valence-corrected chi connectivity index (χ4v) is 2.52. The highest BCUT2D eigenvalue weighted by atomic mass is 16.3. The summed E-state index contributed by atoms with van der Waals surface area (Å²) in [5, 5.41) is 2.31. The van der Waals surface area contributed by atoms with Crippen molar-refractivity contribution in [2.75, 3.05) is 0 Å². The Balaban J connectivity index is 2.36. The zero-order chi connectivity index (χ0) is 13.9. The van der Waals surface area contributed by atoms with Crippen molar-refractivity contribution in [1.82, 2.24) is 0 Å². The van der Waals surface area contributed by atoms with E-state index in [1.54, 1.807) is 6.08 Å². The van der Waals surface area contributed by atoms with Gasteiger partial charge < -0.3 is 4.42 Å². The van der Waals surface area contributed by atoms with Gasteiger partial charge in [0.1, 0.15) is 11.2 Å². The lowest BCUT2D eigenvalue weighted by Gasteiger charge is -2.02. The van der Waals surface area contributed by atoms with E-state index in [4.69, 9.17) is 4.42 Å². The summed E-state index contributed by atoms with van der Waals surface area (Å²) in [5.41, 5.74) is 4.05. The number of furan rings is 1. The second kappa shape index (κ2) is 5.22. The molecule has 1 aromatic heterocycles. The molecule has 0 saturated carbocycles. The predicted octanol–water partition coefficient (Wildman–Crippen LogP) is 5.73. The number of rotatable bonds is 3.